The van der Waals surface area contributed by atoms with E-state index in [2.05, 4.69) is 0 Å². The molecule has 0 spiro atoms. The van der Waals surface area contributed by atoms with Crippen molar-refractivity contribution in [2.45, 2.75) is 38.1 Å². The second-order valence-electron chi connectivity index (χ2n) is 4.30. The van der Waals surface area contributed by atoms with Gasteiger partial charge in [-0.25, -0.2) is 0 Å². The second kappa shape index (κ2) is 5.03. The Hall–Kier alpha value is -1.47. The molecule has 0 aliphatic rings. The van der Waals surface area contributed by atoms with Gasteiger partial charge < -0.3 is 0 Å². The third-order valence-electron chi connectivity index (χ3n) is 2.92. The molecular weight excluding hydrogens is 258 g/mol. The summed E-state index contributed by atoms with van der Waals surface area (Å²) in [7, 11) is -4.30. The Labute approximate surface area is 106 Å². The Bertz CT molecular complexity index is 579. The summed E-state index contributed by atoms with van der Waals surface area (Å²) in [6, 6.07) is 2.04. The van der Waals surface area contributed by atoms with Crippen molar-refractivity contribution in [1.82, 2.24) is 0 Å². The SMILES string of the molecule is Cc1ccc(S(=O)(=O)O)c(C)c1CC(C)[N+](=O)[O-]. The molecular formula is C11H15NO5S. The molecule has 0 amide bonds. The minimum absolute atomic E-state index is 0.133. The minimum Gasteiger partial charge on any atom is -0.282 e. The van der Waals surface area contributed by atoms with Crippen molar-refractivity contribution in [3.8, 4) is 0 Å². The predicted octanol–water partition coefficient (Wildman–Crippen LogP) is 1.76. The molecule has 6 nitrogen and oxygen atoms in total. The fourth-order valence-corrected chi connectivity index (χ4v) is 2.58. The van der Waals surface area contributed by atoms with E-state index in [1.165, 1.54) is 26.0 Å². The van der Waals surface area contributed by atoms with Crippen LogP contribution in [0.25, 0.3) is 0 Å². The molecule has 0 aliphatic heterocycles. The number of nitrogens with zero attached hydrogens (tertiary/aromatic N) is 1. The zero-order chi connectivity index (χ0) is 14.1. The molecule has 18 heavy (non-hydrogen) atoms. The Morgan fingerprint density at radius 2 is 1.94 bits per heavy atom. The quantitative estimate of drug-likeness (QED) is 0.512. The molecule has 1 unspecified atom stereocenters. The highest BCUT2D eigenvalue weighted by Crippen LogP contribution is 2.23. The monoisotopic (exact) mass is 273 g/mol. The van der Waals surface area contributed by atoms with E-state index in [4.69, 9.17) is 4.55 Å². The van der Waals surface area contributed by atoms with Crippen LogP contribution in [0.5, 0.6) is 0 Å². The van der Waals surface area contributed by atoms with Crippen LogP contribution >= 0.6 is 0 Å². The maximum absolute atomic E-state index is 11.2. The lowest BCUT2D eigenvalue weighted by atomic mass is 9.97. The Morgan fingerprint density at radius 3 is 2.39 bits per heavy atom. The predicted molar refractivity (Wildman–Crippen MR) is 65.9 cm³/mol. The van der Waals surface area contributed by atoms with Crippen molar-refractivity contribution in [3.63, 3.8) is 0 Å². The first kappa shape index (κ1) is 14.6. The lowest BCUT2D eigenvalue weighted by molar-refractivity contribution is -0.517. The molecule has 0 aliphatic carbocycles. The first-order valence-electron chi connectivity index (χ1n) is 5.34. The molecule has 0 bridgehead atoms. The maximum atomic E-state index is 11.2. The minimum atomic E-state index is -4.30. The average molecular weight is 273 g/mol. The molecule has 0 radical (unpaired) electrons. The fraction of sp³-hybridized carbons (Fsp3) is 0.455. The zero-order valence-electron chi connectivity index (χ0n) is 10.4. The molecule has 1 atom stereocenters. The van der Waals surface area contributed by atoms with Crippen LogP contribution in [0.1, 0.15) is 23.6 Å². The van der Waals surface area contributed by atoms with Crippen molar-refractivity contribution >= 4 is 10.1 Å². The third kappa shape index (κ3) is 3.05. The molecule has 7 heteroatoms. The van der Waals surface area contributed by atoms with E-state index in [0.29, 0.717) is 11.1 Å². The lowest BCUT2D eigenvalue weighted by Crippen LogP contribution is -2.19. The summed E-state index contributed by atoms with van der Waals surface area (Å²) in [6.45, 7) is 4.75. The van der Waals surface area contributed by atoms with Crippen LogP contribution in [0.2, 0.25) is 0 Å². The van der Waals surface area contributed by atoms with E-state index in [1.54, 1.807) is 6.92 Å². The molecule has 1 rings (SSSR count). The molecule has 0 saturated carbocycles. The van der Waals surface area contributed by atoms with Crippen molar-refractivity contribution in [3.05, 3.63) is 38.9 Å². The summed E-state index contributed by atoms with van der Waals surface area (Å²) < 4.78 is 31.4. The van der Waals surface area contributed by atoms with Gasteiger partial charge in [-0.2, -0.15) is 8.42 Å². The first-order chi connectivity index (χ1) is 8.14. The largest absolute Gasteiger partial charge is 0.294 e. The van der Waals surface area contributed by atoms with E-state index in [0.717, 1.165) is 5.56 Å². The normalized spacial score (nSPS) is 13.3. The molecule has 1 aromatic rings. The van der Waals surface area contributed by atoms with Gasteiger partial charge in [-0.15, -0.1) is 0 Å². The van der Waals surface area contributed by atoms with Crippen molar-refractivity contribution in [1.29, 1.82) is 0 Å². The molecule has 0 aromatic heterocycles. The van der Waals surface area contributed by atoms with E-state index in [1.807, 2.05) is 0 Å². The summed E-state index contributed by atoms with van der Waals surface area (Å²) in [4.78, 5) is 10.0. The molecule has 100 valence electrons. The summed E-state index contributed by atoms with van der Waals surface area (Å²) in [6.07, 6.45) is 0.133. The van der Waals surface area contributed by atoms with Gasteiger partial charge in [0.25, 0.3) is 10.1 Å². The maximum Gasteiger partial charge on any atom is 0.294 e. The van der Waals surface area contributed by atoms with Gasteiger partial charge in [0, 0.05) is 18.3 Å². The van der Waals surface area contributed by atoms with E-state index < -0.39 is 21.1 Å². The van der Waals surface area contributed by atoms with Crippen molar-refractivity contribution in [2.75, 3.05) is 0 Å². The number of hydrogen-bond donors (Lipinski definition) is 1. The van der Waals surface area contributed by atoms with Crippen molar-refractivity contribution in [2.24, 2.45) is 0 Å². The highest BCUT2D eigenvalue weighted by molar-refractivity contribution is 7.85. The van der Waals surface area contributed by atoms with Crippen LogP contribution in [0.3, 0.4) is 0 Å². The summed E-state index contributed by atoms with van der Waals surface area (Å²) >= 11 is 0. The topological polar surface area (TPSA) is 97.5 Å². The van der Waals surface area contributed by atoms with Crippen LogP contribution in [0, 0.1) is 24.0 Å². The van der Waals surface area contributed by atoms with Crippen LogP contribution < -0.4 is 0 Å². The second-order valence-corrected chi connectivity index (χ2v) is 5.69. The number of nitro groups is 1. The standard InChI is InChI=1S/C11H15NO5S/c1-7-4-5-11(18(15,16)17)9(3)10(7)6-8(2)12(13)14/h4-5,8H,6H2,1-3H3,(H,15,16,17). The van der Waals surface area contributed by atoms with Gasteiger partial charge in [0.15, 0.2) is 0 Å². The number of benzene rings is 1. The summed E-state index contributed by atoms with van der Waals surface area (Å²) in [5, 5.41) is 10.6. The Kier molecular flexibility index (Phi) is 4.08. The first-order valence-corrected chi connectivity index (χ1v) is 6.78. The number of hydrogen-bond acceptors (Lipinski definition) is 4. The average Bonchev–Trinajstić information content (AvgIpc) is 2.21. The molecule has 1 N–H and O–H groups in total. The van der Waals surface area contributed by atoms with Crippen LogP contribution in [-0.2, 0) is 16.5 Å². The van der Waals surface area contributed by atoms with Gasteiger partial charge in [-0.1, -0.05) is 6.07 Å². The van der Waals surface area contributed by atoms with Gasteiger partial charge in [0.05, 0.1) is 4.90 Å². The lowest BCUT2D eigenvalue weighted by Gasteiger charge is -2.13. The molecule has 0 fully saturated rings. The van der Waals surface area contributed by atoms with Crippen LogP contribution in [-0.4, -0.2) is 23.9 Å². The van der Waals surface area contributed by atoms with Crippen molar-refractivity contribution < 1.29 is 17.9 Å². The summed E-state index contributed by atoms with van der Waals surface area (Å²) in [5.41, 5.74) is 1.73. The molecule has 0 saturated heterocycles. The van der Waals surface area contributed by atoms with Gasteiger partial charge in [-0.05, 0) is 36.6 Å². The zero-order valence-corrected chi connectivity index (χ0v) is 11.2. The van der Waals surface area contributed by atoms with Gasteiger partial charge >= 0.3 is 0 Å². The number of aryl methyl sites for hydroxylation is 1. The Morgan fingerprint density at radius 1 is 1.39 bits per heavy atom. The smallest absolute Gasteiger partial charge is 0.282 e. The summed E-state index contributed by atoms with van der Waals surface area (Å²) in [5.74, 6) is 0. The molecule has 1 aromatic carbocycles. The van der Waals surface area contributed by atoms with E-state index in [9.17, 15) is 18.5 Å². The van der Waals surface area contributed by atoms with Gasteiger partial charge in [0.2, 0.25) is 6.04 Å². The molecule has 0 heterocycles. The van der Waals surface area contributed by atoms with E-state index >= 15 is 0 Å². The van der Waals surface area contributed by atoms with E-state index in [-0.39, 0.29) is 11.3 Å². The highest BCUT2D eigenvalue weighted by atomic mass is 32.2. The highest BCUT2D eigenvalue weighted by Gasteiger charge is 2.21. The van der Waals surface area contributed by atoms with Crippen LogP contribution in [0.4, 0.5) is 0 Å². The van der Waals surface area contributed by atoms with Gasteiger partial charge in [-0.3, -0.25) is 14.7 Å². The Balaban J connectivity index is 3.32. The number of rotatable bonds is 4. The van der Waals surface area contributed by atoms with Gasteiger partial charge in [0.1, 0.15) is 0 Å². The fourth-order valence-electron chi connectivity index (χ4n) is 1.83. The third-order valence-corrected chi connectivity index (χ3v) is 3.92. The van der Waals surface area contributed by atoms with Crippen LogP contribution in [0.15, 0.2) is 17.0 Å².